The van der Waals surface area contributed by atoms with E-state index in [1.54, 1.807) is 17.5 Å². The molecule has 9 rings (SSSR count). The largest absolute Gasteiger partial charge is 0.490 e. The number of nitrogens with one attached hydrogen (secondary N) is 3. The highest BCUT2D eigenvalue weighted by Crippen LogP contribution is 2.40. The van der Waals surface area contributed by atoms with Gasteiger partial charge in [-0.3, -0.25) is 28.7 Å². The fourth-order valence-electron chi connectivity index (χ4n) is 9.73. The number of aliphatic hydroxyl groups excluding tert-OH is 1. The van der Waals surface area contributed by atoms with Crippen molar-refractivity contribution in [3.8, 4) is 22.1 Å². The molecule has 0 radical (unpaired) electrons. The number of carbonyl (C=O) groups is 4. The van der Waals surface area contributed by atoms with E-state index in [4.69, 9.17) is 21.3 Å². The summed E-state index contributed by atoms with van der Waals surface area (Å²) in [6.45, 7) is 13.5. The first-order valence-corrected chi connectivity index (χ1v) is 25.6. The molecule has 3 aromatic heterocycles. The van der Waals surface area contributed by atoms with E-state index in [-0.39, 0.29) is 61.7 Å². The lowest BCUT2D eigenvalue weighted by Crippen LogP contribution is -2.58. The molecule has 72 heavy (non-hydrogen) atoms. The number of ether oxygens (including phenoxy) is 1. The topological polar surface area (TPSA) is 198 Å². The van der Waals surface area contributed by atoms with Crippen molar-refractivity contribution in [2.24, 2.45) is 17.5 Å². The number of aliphatic imine (C=N–C) groups is 1. The van der Waals surface area contributed by atoms with Crippen molar-refractivity contribution < 1.29 is 29.0 Å². The molecule has 1 saturated carbocycles. The van der Waals surface area contributed by atoms with E-state index >= 15 is 0 Å². The Bertz CT molecular complexity index is 3020. The Kier molecular flexibility index (Phi) is 14.3. The zero-order chi connectivity index (χ0) is 51.2. The number of carbonyl (C=O) groups excluding carboxylic acids is 4. The molecule has 3 aromatic carbocycles. The highest BCUT2D eigenvalue weighted by Gasteiger charge is 2.45. The van der Waals surface area contributed by atoms with Gasteiger partial charge >= 0.3 is 0 Å². The molecule has 1 aliphatic carbocycles. The highest BCUT2D eigenvalue weighted by molar-refractivity contribution is 7.15. The number of aryl methyl sites for hydroxylation is 3. The average molecular weight is 1010 g/mol. The Hall–Kier alpha value is -6.69. The van der Waals surface area contributed by atoms with Gasteiger partial charge in [-0.05, 0) is 74.1 Å². The Morgan fingerprint density at radius 2 is 1.60 bits per heavy atom. The van der Waals surface area contributed by atoms with E-state index in [2.05, 4.69) is 45.0 Å². The smallest absolute Gasteiger partial charge is 0.246 e. The van der Waals surface area contributed by atoms with E-state index < -0.39 is 35.6 Å². The second-order valence-electron chi connectivity index (χ2n) is 20.4. The summed E-state index contributed by atoms with van der Waals surface area (Å²) in [5.74, 6) is 1.52. The molecular formula is C54H61ClN10O6S. The van der Waals surface area contributed by atoms with Crippen LogP contribution in [0.25, 0.3) is 16.4 Å². The summed E-state index contributed by atoms with van der Waals surface area (Å²) in [5.41, 5.74) is 5.66. The van der Waals surface area contributed by atoms with Crippen molar-refractivity contribution in [3.63, 3.8) is 0 Å². The Morgan fingerprint density at radius 1 is 0.903 bits per heavy atom. The van der Waals surface area contributed by atoms with Crippen LogP contribution in [0.5, 0.6) is 5.75 Å². The van der Waals surface area contributed by atoms with E-state index in [0.29, 0.717) is 29.4 Å². The standard InChI is InChI=1S/C54H61ClN10O6S/c1-29-31(3)72-53-46(29)47(35-15-17-37(55)18-16-35)59-42(50-62-61-32(4)65(50)53)27-45(68)58-38-24-41(25-38)71-40-19-9-33(10-20-40)23-44(67)60-48(54(5,6)7)52(70)64-28-39(66)26-43(64)51(69)57-30(2)34-11-13-36(14-12-34)49-56-21-22-63(49)8/h9-22,30,38-39,41-43,48,66H,23-28H2,1-8H3,(H,57,69)(H,58,68)(H,60,67)/t30-,38-,39+,41-,42-,43-,48+/m0/s1. The van der Waals surface area contributed by atoms with Crippen LogP contribution in [-0.4, -0.2) is 101 Å². The summed E-state index contributed by atoms with van der Waals surface area (Å²) in [6.07, 6.45) is 4.07. The van der Waals surface area contributed by atoms with E-state index in [1.165, 1.54) is 9.78 Å². The number of amides is 4. The molecule has 0 bridgehead atoms. The van der Waals surface area contributed by atoms with Gasteiger partial charge < -0.3 is 35.3 Å². The van der Waals surface area contributed by atoms with E-state index in [1.807, 2.05) is 130 Å². The Labute approximate surface area is 428 Å². The third-order valence-corrected chi connectivity index (χ3v) is 15.4. The molecule has 5 heterocycles. The number of aromatic nitrogens is 5. The number of fused-ring (bicyclic) bond motifs is 3. The van der Waals surface area contributed by atoms with Gasteiger partial charge in [-0.2, -0.15) is 0 Å². The number of β-amino-alcohol motifs (C(OH)–C–C–N with tert-alkyl or cyclic N) is 1. The number of aliphatic hydroxyl groups is 1. The lowest BCUT2D eigenvalue weighted by Gasteiger charge is -2.36. The summed E-state index contributed by atoms with van der Waals surface area (Å²) in [7, 11) is 1.93. The SMILES string of the molecule is Cc1sc2c(c1C)C(c1ccc(Cl)cc1)=N[C@@H](CC(=O)N[C@H]1C[C@H](Oc3ccc(CC(=O)N[C@H](C(=O)N4C[C@H](O)C[C@H]4C(=O)N[C@@H](C)c4ccc(-c5nccn5C)cc4)C(C)(C)C)cc3)C1)c1nnc(C)n1-2. The number of thiophene rings is 1. The third kappa shape index (κ3) is 10.6. The van der Waals surface area contributed by atoms with Crippen LogP contribution < -0.4 is 20.7 Å². The number of rotatable bonds is 14. The fourth-order valence-corrected chi connectivity index (χ4v) is 11.1. The zero-order valence-electron chi connectivity index (χ0n) is 41.8. The van der Waals surface area contributed by atoms with Crippen LogP contribution in [0, 0.1) is 26.2 Å². The average Bonchev–Trinajstić information content (AvgIpc) is 4.10. The lowest BCUT2D eigenvalue weighted by molar-refractivity contribution is -0.144. The van der Waals surface area contributed by atoms with Gasteiger partial charge in [0.2, 0.25) is 23.6 Å². The molecule has 3 aliphatic rings. The summed E-state index contributed by atoms with van der Waals surface area (Å²) in [6, 6.07) is 19.8. The number of likely N-dealkylation sites (tertiary alicyclic amines) is 1. The normalized spacial score (nSPS) is 20.3. The third-order valence-electron chi connectivity index (χ3n) is 13.9. The number of imidazole rings is 1. The first-order valence-electron chi connectivity index (χ1n) is 24.4. The predicted octanol–water partition coefficient (Wildman–Crippen LogP) is 7.23. The number of nitrogens with zero attached hydrogens (tertiary/aromatic N) is 7. The van der Waals surface area contributed by atoms with Crippen LogP contribution >= 0.6 is 22.9 Å². The molecule has 376 valence electrons. The molecule has 16 nitrogen and oxygen atoms in total. The summed E-state index contributed by atoms with van der Waals surface area (Å²) in [4.78, 5) is 67.5. The van der Waals surface area contributed by atoms with Gasteiger partial charge in [-0.1, -0.05) is 80.9 Å². The molecule has 2 aliphatic heterocycles. The minimum atomic E-state index is -0.963. The molecule has 5 atom stereocenters. The first kappa shape index (κ1) is 50.3. The van der Waals surface area contributed by atoms with Crippen LogP contribution in [0.2, 0.25) is 5.02 Å². The van der Waals surface area contributed by atoms with Crippen molar-refractivity contribution in [3.05, 3.63) is 135 Å². The second kappa shape index (κ2) is 20.4. The molecule has 1 saturated heterocycles. The molecule has 4 N–H and O–H groups in total. The molecule has 4 amide bonds. The maximum Gasteiger partial charge on any atom is 0.246 e. The molecule has 0 unspecified atom stereocenters. The van der Waals surface area contributed by atoms with Crippen molar-refractivity contribution in [1.82, 2.24) is 45.2 Å². The maximum absolute atomic E-state index is 14.3. The van der Waals surface area contributed by atoms with Gasteiger partial charge in [0.1, 0.15) is 46.6 Å². The van der Waals surface area contributed by atoms with Crippen LogP contribution in [0.3, 0.4) is 0 Å². The first-order chi connectivity index (χ1) is 34.3. The molecular weight excluding hydrogens is 952 g/mol. The summed E-state index contributed by atoms with van der Waals surface area (Å²) >= 11 is 7.93. The van der Waals surface area contributed by atoms with Gasteiger partial charge in [0.25, 0.3) is 0 Å². The lowest BCUT2D eigenvalue weighted by atomic mass is 9.85. The van der Waals surface area contributed by atoms with Crippen LogP contribution in [-0.2, 0) is 32.6 Å². The predicted molar refractivity (Wildman–Crippen MR) is 276 cm³/mol. The van der Waals surface area contributed by atoms with Gasteiger partial charge in [-0.25, -0.2) is 4.98 Å². The number of benzene rings is 3. The molecule has 18 heteroatoms. The van der Waals surface area contributed by atoms with Gasteiger partial charge in [0, 0.05) is 77.9 Å². The summed E-state index contributed by atoms with van der Waals surface area (Å²) < 4.78 is 10.2. The minimum absolute atomic E-state index is 0.0102. The number of hydrogen-bond acceptors (Lipinski definition) is 11. The van der Waals surface area contributed by atoms with Crippen molar-refractivity contribution >= 4 is 52.3 Å². The molecule has 6 aromatic rings. The maximum atomic E-state index is 14.3. The molecule has 2 fully saturated rings. The van der Waals surface area contributed by atoms with E-state index in [0.717, 1.165) is 55.7 Å². The van der Waals surface area contributed by atoms with Crippen LogP contribution in [0.15, 0.2) is 90.2 Å². The Morgan fingerprint density at radius 3 is 2.26 bits per heavy atom. The van der Waals surface area contributed by atoms with Gasteiger partial charge in [0.15, 0.2) is 5.82 Å². The van der Waals surface area contributed by atoms with E-state index in [9.17, 15) is 24.3 Å². The Balaban J connectivity index is 0.768. The number of hydrogen-bond donors (Lipinski definition) is 4. The highest BCUT2D eigenvalue weighted by atomic mass is 35.5. The van der Waals surface area contributed by atoms with Crippen LogP contribution in [0.4, 0.5) is 0 Å². The molecule has 0 spiro atoms. The zero-order valence-corrected chi connectivity index (χ0v) is 43.3. The van der Waals surface area contributed by atoms with Gasteiger partial charge in [0.05, 0.1) is 30.7 Å². The van der Waals surface area contributed by atoms with Crippen molar-refractivity contribution in [2.45, 2.75) is 123 Å². The van der Waals surface area contributed by atoms with Crippen LogP contribution in [0.1, 0.15) is 110 Å². The summed E-state index contributed by atoms with van der Waals surface area (Å²) in [5, 5.41) is 30.4. The second-order valence-corrected chi connectivity index (χ2v) is 22.0. The number of halogens is 1. The van der Waals surface area contributed by atoms with Crippen molar-refractivity contribution in [1.29, 1.82) is 0 Å². The quantitative estimate of drug-likeness (QED) is 0.0870. The minimum Gasteiger partial charge on any atom is -0.490 e. The monoisotopic (exact) mass is 1010 g/mol. The van der Waals surface area contributed by atoms with Crippen molar-refractivity contribution in [2.75, 3.05) is 6.54 Å². The van der Waals surface area contributed by atoms with Gasteiger partial charge in [-0.15, -0.1) is 21.5 Å². The fraction of sp³-hybridized carbons (Fsp3) is 0.407.